The number of ether oxygens (including phenoxy) is 4. The highest BCUT2D eigenvalue weighted by Crippen LogP contribution is 2.60. The van der Waals surface area contributed by atoms with Crippen molar-refractivity contribution in [2.45, 2.75) is 65.1 Å². The van der Waals surface area contributed by atoms with Gasteiger partial charge in [0, 0.05) is 30.0 Å². The van der Waals surface area contributed by atoms with E-state index in [4.69, 9.17) is 35.6 Å². The summed E-state index contributed by atoms with van der Waals surface area (Å²) >= 11 is 5.51. The topological polar surface area (TPSA) is 67.1 Å². The molecule has 1 aliphatic heterocycles. The van der Waals surface area contributed by atoms with Crippen molar-refractivity contribution in [3.63, 3.8) is 0 Å². The zero-order valence-corrected chi connectivity index (χ0v) is 24.7. The van der Waals surface area contributed by atoms with Gasteiger partial charge in [0.2, 0.25) is 0 Å². The van der Waals surface area contributed by atoms with Crippen molar-refractivity contribution >= 4 is 23.4 Å². The van der Waals surface area contributed by atoms with Crippen LogP contribution in [0.15, 0.2) is 88.0 Å². The molecule has 40 heavy (non-hydrogen) atoms. The van der Waals surface area contributed by atoms with Crippen LogP contribution in [0.1, 0.15) is 52.5 Å². The number of para-hydroxylation sites is 1. The predicted octanol–water partition coefficient (Wildman–Crippen LogP) is 7.36. The number of hydrogen-bond acceptors (Lipinski definition) is 7. The van der Waals surface area contributed by atoms with Crippen molar-refractivity contribution in [3.05, 3.63) is 89.1 Å². The second-order valence-corrected chi connectivity index (χ2v) is 11.7. The molecule has 1 spiro atoms. The zero-order chi connectivity index (χ0) is 28.4. The van der Waals surface area contributed by atoms with Crippen LogP contribution in [-0.4, -0.2) is 30.0 Å². The molecule has 3 aliphatic rings. The molecule has 2 heterocycles. The third-order valence-electron chi connectivity index (χ3n) is 8.70. The Morgan fingerprint density at radius 1 is 1.20 bits per heavy atom. The Hall–Kier alpha value is -3.32. The molecule has 1 aromatic carbocycles. The second kappa shape index (κ2) is 11.7. The molecule has 0 unspecified atom stereocenters. The number of carbonyl (C=O) groups is 1. The van der Waals surface area contributed by atoms with Crippen molar-refractivity contribution in [1.82, 2.24) is 0 Å². The minimum absolute atomic E-state index is 0.0118. The first kappa shape index (κ1) is 28.2. The molecule has 6 atom stereocenters. The van der Waals surface area contributed by atoms with Crippen LogP contribution in [-0.2, 0) is 25.4 Å². The maximum atomic E-state index is 13.1. The van der Waals surface area contributed by atoms with E-state index in [-0.39, 0.29) is 41.0 Å². The Bertz CT molecular complexity index is 1320. The lowest BCUT2D eigenvalue weighted by Gasteiger charge is -2.48. The Kier molecular flexibility index (Phi) is 8.22. The number of rotatable bonds is 8. The summed E-state index contributed by atoms with van der Waals surface area (Å²) in [6, 6.07) is 11.4. The first-order valence-electron chi connectivity index (χ1n) is 14.0. The van der Waals surface area contributed by atoms with Crippen molar-refractivity contribution in [1.29, 1.82) is 0 Å². The van der Waals surface area contributed by atoms with Gasteiger partial charge in [0.25, 0.3) is 0 Å². The fraction of sp³-hybridized carbons (Fsp3) is 0.455. The van der Waals surface area contributed by atoms with Crippen LogP contribution in [0.4, 0.5) is 0 Å². The van der Waals surface area contributed by atoms with Gasteiger partial charge in [-0.2, -0.15) is 0 Å². The van der Waals surface area contributed by atoms with E-state index in [0.717, 1.165) is 25.7 Å². The molecule has 0 saturated heterocycles. The molecule has 1 saturated carbocycles. The molecule has 2 aromatic rings. The normalized spacial score (nSPS) is 29.7. The summed E-state index contributed by atoms with van der Waals surface area (Å²) in [6.45, 7) is 8.30. The highest BCUT2D eigenvalue weighted by atomic mass is 32.1. The number of hydrogen-bond donors (Lipinski definition) is 0. The highest BCUT2D eigenvalue weighted by molar-refractivity contribution is 7.79. The molecule has 1 aromatic heterocycles. The highest BCUT2D eigenvalue weighted by Gasteiger charge is 2.66. The van der Waals surface area contributed by atoms with Gasteiger partial charge in [-0.05, 0) is 76.1 Å². The van der Waals surface area contributed by atoms with Crippen LogP contribution in [0.2, 0.25) is 0 Å². The standard InChI is InChI=1S/C33H38O6S/c1-20(10-9-11-24-14-15-36-19-24)16-25-17-21(2)28-27(38-32(40)37-26-12-7-6-8-13-26)18-22(3)29(28)33(25)30(35-5)23(4)31(34)39-33/h6-8,12-17,19,22,25,27-29H,9-11,18H2,1-5H3/b20-16+/t22-,25+,27-,28+,29+,33-/m0/s1. The first-order valence-corrected chi connectivity index (χ1v) is 14.4. The van der Waals surface area contributed by atoms with Crippen LogP contribution < -0.4 is 4.74 Å². The molecule has 7 heteroatoms. The van der Waals surface area contributed by atoms with Gasteiger partial charge in [0.1, 0.15) is 11.9 Å². The second-order valence-electron chi connectivity index (χ2n) is 11.4. The summed E-state index contributed by atoms with van der Waals surface area (Å²) in [4.78, 5) is 13.1. The number of aryl methyl sites for hydroxylation is 1. The summed E-state index contributed by atoms with van der Waals surface area (Å²) in [7, 11) is 1.64. The quantitative estimate of drug-likeness (QED) is 0.189. The predicted molar refractivity (Wildman–Crippen MR) is 156 cm³/mol. The van der Waals surface area contributed by atoms with Crippen molar-refractivity contribution < 1.29 is 28.2 Å². The average Bonchev–Trinajstić information content (AvgIpc) is 3.61. The van der Waals surface area contributed by atoms with E-state index in [1.807, 2.05) is 36.4 Å². The molecular formula is C33H38O6S. The van der Waals surface area contributed by atoms with Crippen LogP contribution in [0, 0.1) is 23.7 Å². The largest absolute Gasteiger partial charge is 0.496 e. The summed E-state index contributed by atoms with van der Waals surface area (Å²) in [5.74, 6) is 0.909. The van der Waals surface area contributed by atoms with Crippen LogP contribution in [0.5, 0.6) is 5.75 Å². The van der Waals surface area contributed by atoms with Crippen molar-refractivity contribution in [2.24, 2.45) is 23.7 Å². The molecule has 0 amide bonds. The van der Waals surface area contributed by atoms with Crippen LogP contribution in [0.3, 0.4) is 0 Å². The van der Waals surface area contributed by atoms with Gasteiger partial charge in [0.05, 0.1) is 25.2 Å². The number of thiocarbonyl (C=S) groups is 1. The van der Waals surface area contributed by atoms with E-state index >= 15 is 0 Å². The molecule has 6 nitrogen and oxygen atoms in total. The molecule has 5 rings (SSSR count). The van der Waals surface area contributed by atoms with Crippen LogP contribution >= 0.6 is 12.2 Å². The molecule has 0 bridgehead atoms. The minimum atomic E-state index is -0.939. The van der Waals surface area contributed by atoms with E-state index in [2.05, 4.69) is 32.9 Å². The lowest BCUT2D eigenvalue weighted by atomic mass is 9.62. The maximum Gasteiger partial charge on any atom is 0.358 e. The van der Waals surface area contributed by atoms with Gasteiger partial charge < -0.3 is 23.4 Å². The number of fused-ring (bicyclic) bond motifs is 2. The van der Waals surface area contributed by atoms with E-state index in [0.29, 0.717) is 17.1 Å². The van der Waals surface area contributed by atoms with E-state index in [9.17, 15) is 4.79 Å². The fourth-order valence-corrected chi connectivity index (χ4v) is 7.31. The van der Waals surface area contributed by atoms with Gasteiger partial charge in [0.15, 0.2) is 11.4 Å². The van der Waals surface area contributed by atoms with Crippen molar-refractivity contribution in [3.8, 4) is 5.75 Å². The molecule has 0 N–H and O–H groups in total. The van der Waals surface area contributed by atoms with Gasteiger partial charge in [-0.15, -0.1) is 0 Å². The monoisotopic (exact) mass is 562 g/mol. The smallest absolute Gasteiger partial charge is 0.358 e. The Labute approximate surface area is 242 Å². The van der Waals surface area contributed by atoms with Crippen molar-refractivity contribution in [2.75, 3.05) is 7.11 Å². The number of allylic oxidation sites excluding steroid dienone is 1. The first-order chi connectivity index (χ1) is 19.2. The lowest BCUT2D eigenvalue weighted by Crippen LogP contribution is -2.53. The molecule has 212 valence electrons. The van der Waals surface area contributed by atoms with E-state index in [1.165, 1.54) is 16.7 Å². The Morgan fingerprint density at radius 2 is 1.98 bits per heavy atom. The lowest BCUT2D eigenvalue weighted by molar-refractivity contribution is -0.162. The maximum absolute atomic E-state index is 13.1. The average molecular weight is 563 g/mol. The Morgan fingerprint density at radius 3 is 2.67 bits per heavy atom. The third-order valence-corrected chi connectivity index (χ3v) is 8.88. The van der Waals surface area contributed by atoms with Crippen LogP contribution in [0.25, 0.3) is 0 Å². The van der Waals surface area contributed by atoms with Gasteiger partial charge in [-0.3, -0.25) is 0 Å². The van der Waals surface area contributed by atoms with E-state index < -0.39 is 5.60 Å². The number of carbonyl (C=O) groups excluding carboxylic acids is 1. The minimum Gasteiger partial charge on any atom is -0.496 e. The summed E-state index contributed by atoms with van der Waals surface area (Å²) in [5.41, 5.74) is 3.25. The van der Waals surface area contributed by atoms with E-state index in [1.54, 1.807) is 26.6 Å². The van der Waals surface area contributed by atoms with Gasteiger partial charge in [-0.1, -0.05) is 48.4 Å². The number of benzene rings is 1. The number of furan rings is 1. The summed E-state index contributed by atoms with van der Waals surface area (Å²) in [6.07, 6.45) is 11.5. The molecule has 2 aliphatic carbocycles. The number of esters is 1. The summed E-state index contributed by atoms with van der Waals surface area (Å²) < 4.78 is 29.7. The Balaban J connectivity index is 1.44. The third kappa shape index (κ3) is 5.24. The fourth-order valence-electron chi connectivity index (χ4n) is 7.09. The SMILES string of the molecule is COC1=C(C)C(=O)O[C@@]12[C@H]1[C@H](C(C)=C[C@H]2/C=C(\C)CCCc2ccoc2)[C@@H](OC(=S)Oc2ccccc2)C[C@@H]1C. The van der Waals surface area contributed by atoms with Gasteiger partial charge in [-0.25, -0.2) is 4.79 Å². The van der Waals surface area contributed by atoms with Gasteiger partial charge >= 0.3 is 11.2 Å². The zero-order valence-electron chi connectivity index (χ0n) is 23.8. The number of methoxy groups -OCH3 is 1. The molecule has 1 fully saturated rings. The molecular weight excluding hydrogens is 524 g/mol. The summed E-state index contributed by atoms with van der Waals surface area (Å²) in [5, 5.41) is 0.100. The molecule has 0 radical (unpaired) electrons.